The Balaban J connectivity index is 1.83. The van der Waals surface area contributed by atoms with Crippen molar-refractivity contribution in [1.82, 2.24) is 14.9 Å². The fraction of sp³-hybridized carbons (Fsp3) is 0.375. The second-order valence-electron chi connectivity index (χ2n) is 7.39. The lowest BCUT2D eigenvalue weighted by atomic mass is 10.0. The molecule has 0 fully saturated rings. The Morgan fingerprint density at radius 3 is 2.47 bits per heavy atom. The van der Waals surface area contributed by atoms with Gasteiger partial charge in [-0.15, -0.1) is 0 Å². The minimum absolute atomic E-state index is 0.0193. The molecule has 0 spiro atoms. The number of thioether (sulfide) groups is 1. The van der Waals surface area contributed by atoms with Gasteiger partial charge in [0.15, 0.2) is 5.16 Å². The molecule has 2 unspecified atom stereocenters. The quantitative estimate of drug-likeness (QED) is 0.391. The molecule has 3 aromatic rings. The number of rotatable bonds is 9. The van der Waals surface area contributed by atoms with E-state index in [1.165, 1.54) is 11.8 Å². The molecule has 0 bridgehead atoms. The van der Waals surface area contributed by atoms with Gasteiger partial charge in [-0.1, -0.05) is 74.5 Å². The highest BCUT2D eigenvalue weighted by molar-refractivity contribution is 8.00. The third kappa shape index (κ3) is 5.11. The molecular weight excluding hydrogens is 394 g/mol. The average molecular weight is 424 g/mol. The summed E-state index contributed by atoms with van der Waals surface area (Å²) in [7, 11) is 0. The van der Waals surface area contributed by atoms with Crippen LogP contribution in [0.15, 0.2) is 64.5 Å². The lowest BCUT2D eigenvalue weighted by Crippen LogP contribution is -2.35. The maximum atomic E-state index is 13.0. The van der Waals surface area contributed by atoms with Gasteiger partial charge in [0.2, 0.25) is 5.91 Å². The molecule has 2 atom stereocenters. The molecule has 0 radical (unpaired) electrons. The van der Waals surface area contributed by atoms with E-state index in [1.807, 2.05) is 62.4 Å². The van der Waals surface area contributed by atoms with Crippen LogP contribution in [0, 0.1) is 0 Å². The van der Waals surface area contributed by atoms with Crippen LogP contribution < -0.4 is 10.9 Å². The topological polar surface area (TPSA) is 64.0 Å². The van der Waals surface area contributed by atoms with Crippen molar-refractivity contribution in [2.75, 3.05) is 0 Å². The molecule has 0 aliphatic rings. The molecule has 1 aromatic heterocycles. The first-order valence-corrected chi connectivity index (χ1v) is 11.4. The van der Waals surface area contributed by atoms with Crippen molar-refractivity contribution in [1.29, 1.82) is 0 Å². The Morgan fingerprint density at radius 2 is 1.77 bits per heavy atom. The van der Waals surface area contributed by atoms with E-state index >= 15 is 0 Å². The predicted molar refractivity (Wildman–Crippen MR) is 124 cm³/mol. The maximum Gasteiger partial charge on any atom is 0.262 e. The lowest BCUT2D eigenvalue weighted by molar-refractivity contribution is -0.121. The summed E-state index contributed by atoms with van der Waals surface area (Å²) in [6, 6.07) is 17.4. The van der Waals surface area contributed by atoms with Crippen LogP contribution in [0.2, 0.25) is 0 Å². The highest BCUT2D eigenvalue weighted by Gasteiger charge is 2.22. The zero-order valence-electron chi connectivity index (χ0n) is 17.8. The van der Waals surface area contributed by atoms with Crippen LogP contribution in [0.1, 0.15) is 51.6 Å². The van der Waals surface area contributed by atoms with E-state index in [4.69, 9.17) is 4.98 Å². The molecule has 0 saturated heterocycles. The van der Waals surface area contributed by atoms with E-state index in [9.17, 15) is 9.59 Å². The van der Waals surface area contributed by atoms with Crippen molar-refractivity contribution in [3.05, 3.63) is 70.5 Å². The summed E-state index contributed by atoms with van der Waals surface area (Å²) in [5.74, 6) is -0.0484. The summed E-state index contributed by atoms with van der Waals surface area (Å²) in [4.78, 5) is 30.6. The number of benzene rings is 2. The number of amides is 1. The number of carbonyl (C=O) groups is 1. The van der Waals surface area contributed by atoms with Crippen LogP contribution in [0.3, 0.4) is 0 Å². The SMILES string of the molecule is CCCC(NC(=O)C(C)Sc1nc2ccccc2c(=O)n1CCC)c1ccccc1. The van der Waals surface area contributed by atoms with Crippen molar-refractivity contribution < 1.29 is 4.79 Å². The lowest BCUT2D eigenvalue weighted by Gasteiger charge is -2.21. The first-order chi connectivity index (χ1) is 14.5. The summed E-state index contributed by atoms with van der Waals surface area (Å²) in [6.07, 6.45) is 2.67. The zero-order valence-corrected chi connectivity index (χ0v) is 18.6. The highest BCUT2D eigenvalue weighted by Crippen LogP contribution is 2.25. The normalized spacial score (nSPS) is 13.2. The number of nitrogens with one attached hydrogen (secondary N) is 1. The van der Waals surface area contributed by atoms with E-state index in [1.54, 1.807) is 10.6 Å². The van der Waals surface area contributed by atoms with Crippen molar-refractivity contribution >= 4 is 28.6 Å². The van der Waals surface area contributed by atoms with Gasteiger partial charge in [-0.05, 0) is 37.5 Å². The molecule has 5 nitrogen and oxygen atoms in total. The van der Waals surface area contributed by atoms with E-state index in [2.05, 4.69) is 12.2 Å². The van der Waals surface area contributed by atoms with Crippen LogP contribution in [0.25, 0.3) is 10.9 Å². The van der Waals surface area contributed by atoms with Crippen LogP contribution in [-0.2, 0) is 11.3 Å². The van der Waals surface area contributed by atoms with Gasteiger partial charge in [0.1, 0.15) is 0 Å². The number of aromatic nitrogens is 2. The van der Waals surface area contributed by atoms with E-state index < -0.39 is 0 Å². The summed E-state index contributed by atoms with van der Waals surface area (Å²) >= 11 is 1.34. The zero-order chi connectivity index (χ0) is 21.5. The Hall–Kier alpha value is -2.60. The van der Waals surface area contributed by atoms with E-state index in [0.29, 0.717) is 22.6 Å². The maximum absolute atomic E-state index is 13.0. The molecule has 30 heavy (non-hydrogen) atoms. The number of para-hydroxylation sites is 1. The molecule has 0 aliphatic heterocycles. The van der Waals surface area contributed by atoms with Gasteiger partial charge in [0, 0.05) is 6.54 Å². The standard InChI is InChI=1S/C24H29N3O2S/c1-4-11-20(18-12-7-6-8-13-18)25-22(28)17(3)30-24-26-21-15-10-9-14-19(21)23(29)27(24)16-5-2/h6-10,12-15,17,20H,4-5,11,16H2,1-3H3,(H,25,28). The predicted octanol–water partition coefficient (Wildman–Crippen LogP) is 4.94. The van der Waals surface area contributed by atoms with Gasteiger partial charge in [-0.3, -0.25) is 14.2 Å². The molecule has 158 valence electrons. The molecule has 6 heteroatoms. The van der Waals surface area contributed by atoms with E-state index in [-0.39, 0.29) is 22.8 Å². The summed E-state index contributed by atoms with van der Waals surface area (Å²) in [6.45, 7) is 6.59. The fourth-order valence-electron chi connectivity index (χ4n) is 3.46. The Bertz CT molecular complexity index is 1050. The van der Waals surface area contributed by atoms with Crippen LogP contribution in [0.4, 0.5) is 0 Å². The van der Waals surface area contributed by atoms with Gasteiger partial charge in [0.05, 0.1) is 22.2 Å². The first kappa shape index (κ1) is 22.1. The average Bonchev–Trinajstić information content (AvgIpc) is 2.76. The van der Waals surface area contributed by atoms with Crippen LogP contribution in [0.5, 0.6) is 0 Å². The van der Waals surface area contributed by atoms with E-state index in [0.717, 1.165) is 24.8 Å². The summed E-state index contributed by atoms with van der Waals surface area (Å²) < 4.78 is 1.69. The summed E-state index contributed by atoms with van der Waals surface area (Å²) in [5.41, 5.74) is 1.72. The number of hydrogen-bond donors (Lipinski definition) is 1. The third-order valence-corrected chi connectivity index (χ3v) is 6.11. The Morgan fingerprint density at radius 1 is 1.07 bits per heavy atom. The first-order valence-electron chi connectivity index (χ1n) is 10.6. The molecule has 3 rings (SSSR count). The highest BCUT2D eigenvalue weighted by atomic mass is 32.2. The minimum Gasteiger partial charge on any atom is -0.348 e. The van der Waals surface area contributed by atoms with Crippen LogP contribution >= 0.6 is 11.8 Å². The summed E-state index contributed by atoms with van der Waals surface area (Å²) in [5, 5.41) is 4.01. The smallest absolute Gasteiger partial charge is 0.262 e. The van der Waals surface area contributed by atoms with Crippen molar-refractivity contribution in [2.45, 2.75) is 63.0 Å². The minimum atomic E-state index is -0.371. The molecule has 0 saturated carbocycles. The number of fused-ring (bicyclic) bond motifs is 1. The molecule has 1 N–H and O–H groups in total. The van der Waals surface area contributed by atoms with Crippen molar-refractivity contribution in [3.8, 4) is 0 Å². The second kappa shape index (κ2) is 10.4. The Labute approximate surface area is 181 Å². The fourth-order valence-corrected chi connectivity index (χ4v) is 4.40. The monoisotopic (exact) mass is 423 g/mol. The van der Waals surface area contributed by atoms with Crippen LogP contribution in [-0.4, -0.2) is 20.7 Å². The molecule has 0 aliphatic carbocycles. The Kier molecular flexibility index (Phi) is 7.69. The van der Waals surface area contributed by atoms with Gasteiger partial charge in [0.25, 0.3) is 5.56 Å². The molecule has 1 amide bonds. The molecule has 2 aromatic carbocycles. The van der Waals surface area contributed by atoms with Gasteiger partial charge in [-0.2, -0.15) is 0 Å². The number of carbonyl (C=O) groups excluding carboxylic acids is 1. The molecular formula is C24H29N3O2S. The largest absolute Gasteiger partial charge is 0.348 e. The van der Waals surface area contributed by atoms with Crippen molar-refractivity contribution in [3.63, 3.8) is 0 Å². The van der Waals surface area contributed by atoms with Gasteiger partial charge in [-0.25, -0.2) is 4.98 Å². The van der Waals surface area contributed by atoms with Crippen molar-refractivity contribution in [2.24, 2.45) is 0 Å². The molecule has 1 heterocycles. The second-order valence-corrected chi connectivity index (χ2v) is 8.70. The third-order valence-electron chi connectivity index (χ3n) is 5.02. The van der Waals surface area contributed by atoms with Gasteiger partial charge >= 0.3 is 0 Å². The number of nitrogens with zero attached hydrogens (tertiary/aromatic N) is 2. The number of hydrogen-bond acceptors (Lipinski definition) is 4. The van der Waals surface area contributed by atoms with Gasteiger partial charge < -0.3 is 5.32 Å².